The number of aryl methyl sites for hydroxylation is 1. The molecule has 0 atom stereocenters. The number of halogens is 3. The molecule has 0 saturated heterocycles. The molecule has 0 unspecified atom stereocenters. The van der Waals surface area contributed by atoms with Gasteiger partial charge >= 0.3 is 5.51 Å². The third-order valence-corrected chi connectivity index (χ3v) is 6.99. The van der Waals surface area contributed by atoms with Crippen LogP contribution >= 0.6 is 0 Å². The fourth-order valence-electron chi connectivity index (χ4n) is 3.56. The zero-order valence-electron chi connectivity index (χ0n) is 20.9. The van der Waals surface area contributed by atoms with Gasteiger partial charge in [-0.3, -0.25) is 0 Å². The summed E-state index contributed by atoms with van der Waals surface area (Å²) in [5.74, 6) is 0. The summed E-state index contributed by atoms with van der Waals surface area (Å²) in [7, 11) is -7.51. The minimum atomic E-state index is -6.09. The van der Waals surface area contributed by atoms with Crippen LogP contribution in [-0.2, 0) is 16.3 Å². The molecule has 0 aliphatic carbocycles. The van der Waals surface area contributed by atoms with E-state index in [0.29, 0.717) is 0 Å². The van der Waals surface area contributed by atoms with E-state index in [9.17, 15) is 13.2 Å². The van der Waals surface area contributed by atoms with Gasteiger partial charge in [-0.05, 0) is 23.9 Å². The largest absolute Gasteiger partial charge is 0.741 e. The number of hydrogen-bond acceptors (Lipinski definition) is 4. The van der Waals surface area contributed by atoms with Crippen molar-refractivity contribution in [3.05, 3.63) is 90.5 Å². The van der Waals surface area contributed by atoms with Crippen molar-refractivity contribution in [3.63, 3.8) is 0 Å². The third kappa shape index (κ3) is 7.37. The van der Waals surface area contributed by atoms with Crippen LogP contribution in [0.3, 0.4) is 0 Å². The van der Waals surface area contributed by atoms with Crippen molar-refractivity contribution < 1.29 is 30.8 Å². The number of alkyl halides is 3. The Hall–Kier alpha value is -3.28. The highest BCUT2D eigenvalue weighted by atomic mass is 32.2. The SMILES string of the molecule is Cc1ccc(-n2nc(-c3ccccc3)c(-c3ccccc3)[n+]2C[Si](C)(C)C)cc1.O=S(=O)([O-])C(F)(F)F. The lowest BCUT2D eigenvalue weighted by atomic mass is 10.1. The standard InChI is InChI=1S/C25H28N3Si.CHF3O3S/c1-20-15-17-23(18-16-20)28-26-24(21-11-7-5-8-12-21)25(22-13-9-6-10-14-22)27(28)19-29(2,3)4;2-1(3,4)8(5,6)7/h5-18H,19H2,1-4H3;(H,5,6,7)/q+1;/p-1. The highest BCUT2D eigenvalue weighted by Gasteiger charge is 2.37. The molecule has 11 heteroatoms. The Morgan fingerprint density at radius 3 is 1.76 bits per heavy atom. The third-order valence-electron chi connectivity index (χ3n) is 5.17. The predicted octanol–water partition coefficient (Wildman–Crippen LogP) is 5.73. The molecule has 0 aliphatic rings. The fraction of sp³-hybridized carbons (Fsp3) is 0.231. The van der Waals surface area contributed by atoms with E-state index in [2.05, 4.69) is 121 Å². The van der Waals surface area contributed by atoms with Gasteiger partial charge in [0.05, 0.1) is 19.3 Å². The first-order valence-electron chi connectivity index (χ1n) is 11.4. The molecule has 0 radical (unpaired) electrons. The van der Waals surface area contributed by atoms with Gasteiger partial charge in [0.1, 0.15) is 5.69 Å². The average molecular weight is 548 g/mol. The molecule has 1 aromatic heterocycles. The van der Waals surface area contributed by atoms with E-state index in [1.165, 1.54) is 16.8 Å². The Morgan fingerprint density at radius 1 is 0.865 bits per heavy atom. The topological polar surface area (TPSA) is 78.9 Å². The molecule has 0 saturated carbocycles. The molecular weight excluding hydrogens is 519 g/mol. The summed E-state index contributed by atoms with van der Waals surface area (Å²) in [5.41, 5.74) is 1.24. The molecular formula is C26H28F3N3O3SSi. The number of nitrogens with zero attached hydrogens (tertiary/aromatic N) is 3. The van der Waals surface area contributed by atoms with Crippen LogP contribution < -0.4 is 4.68 Å². The van der Waals surface area contributed by atoms with Gasteiger partial charge < -0.3 is 4.55 Å². The molecule has 0 spiro atoms. The second-order valence-electron chi connectivity index (χ2n) is 9.67. The summed E-state index contributed by atoms with van der Waals surface area (Å²) in [6, 6.07) is 29.8. The Kier molecular flexibility index (Phi) is 8.41. The smallest absolute Gasteiger partial charge is 0.485 e. The Labute approximate surface area is 215 Å². The number of benzene rings is 3. The highest BCUT2D eigenvalue weighted by Crippen LogP contribution is 2.29. The van der Waals surface area contributed by atoms with Gasteiger partial charge in [0.15, 0.2) is 10.1 Å². The molecule has 0 N–H and O–H groups in total. The van der Waals surface area contributed by atoms with Crippen LogP contribution in [0.2, 0.25) is 19.6 Å². The Balaban J connectivity index is 0.000000414. The molecule has 0 fully saturated rings. The van der Waals surface area contributed by atoms with Crippen molar-refractivity contribution in [2.75, 3.05) is 0 Å². The van der Waals surface area contributed by atoms with Crippen LogP contribution in [0.15, 0.2) is 84.9 Å². The van der Waals surface area contributed by atoms with Gasteiger partial charge in [-0.15, -0.1) is 0 Å². The maximum absolute atomic E-state index is 10.7. The summed E-state index contributed by atoms with van der Waals surface area (Å²) >= 11 is 0. The van der Waals surface area contributed by atoms with Crippen LogP contribution in [0, 0.1) is 6.92 Å². The van der Waals surface area contributed by atoms with Crippen molar-refractivity contribution in [3.8, 4) is 28.2 Å². The highest BCUT2D eigenvalue weighted by molar-refractivity contribution is 7.86. The first-order chi connectivity index (χ1) is 17.2. The van der Waals surface area contributed by atoms with Gasteiger partial charge in [0.25, 0.3) is 5.69 Å². The lowest BCUT2D eigenvalue weighted by Crippen LogP contribution is -2.52. The molecule has 0 bridgehead atoms. The lowest BCUT2D eigenvalue weighted by Gasteiger charge is -2.15. The van der Waals surface area contributed by atoms with E-state index in [1.54, 1.807) is 0 Å². The van der Waals surface area contributed by atoms with Crippen LogP contribution in [0.4, 0.5) is 13.2 Å². The molecule has 1 heterocycles. The van der Waals surface area contributed by atoms with Crippen molar-refractivity contribution >= 4 is 18.2 Å². The van der Waals surface area contributed by atoms with E-state index in [4.69, 9.17) is 18.1 Å². The molecule has 3 aromatic carbocycles. The molecule has 4 aromatic rings. The van der Waals surface area contributed by atoms with Gasteiger partial charge in [0, 0.05) is 11.1 Å². The predicted molar refractivity (Wildman–Crippen MR) is 138 cm³/mol. The lowest BCUT2D eigenvalue weighted by molar-refractivity contribution is -0.746. The van der Waals surface area contributed by atoms with Crippen LogP contribution in [-0.4, -0.2) is 36.4 Å². The molecule has 0 aliphatic heterocycles. The second kappa shape index (κ2) is 11.0. The van der Waals surface area contributed by atoms with Crippen molar-refractivity contribution in [2.24, 2.45) is 0 Å². The van der Waals surface area contributed by atoms with Gasteiger partial charge in [-0.2, -0.15) is 17.9 Å². The summed E-state index contributed by atoms with van der Waals surface area (Å²) < 4.78 is 61.3. The fourth-order valence-corrected chi connectivity index (χ4v) is 4.75. The zero-order valence-corrected chi connectivity index (χ0v) is 22.7. The normalized spacial score (nSPS) is 12.1. The van der Waals surface area contributed by atoms with Gasteiger partial charge in [-0.1, -0.05) is 98.0 Å². The quantitative estimate of drug-likeness (QED) is 0.138. The van der Waals surface area contributed by atoms with E-state index < -0.39 is 23.7 Å². The first-order valence-corrected chi connectivity index (χ1v) is 16.5. The van der Waals surface area contributed by atoms with Gasteiger partial charge in [0.2, 0.25) is 5.69 Å². The van der Waals surface area contributed by atoms with E-state index >= 15 is 0 Å². The Bertz CT molecular complexity index is 1430. The number of rotatable bonds is 5. The molecule has 0 amide bonds. The van der Waals surface area contributed by atoms with Crippen molar-refractivity contribution in [1.29, 1.82) is 0 Å². The summed E-state index contributed by atoms with van der Waals surface area (Å²) in [4.78, 5) is 2.10. The van der Waals surface area contributed by atoms with Gasteiger partial charge in [-0.25, -0.2) is 8.42 Å². The van der Waals surface area contributed by atoms with Crippen molar-refractivity contribution in [1.82, 2.24) is 9.90 Å². The maximum atomic E-state index is 10.7. The number of hydrogen-bond donors (Lipinski definition) is 0. The second-order valence-corrected chi connectivity index (χ2v) is 16.5. The first kappa shape index (κ1) is 28.3. The summed E-state index contributed by atoms with van der Waals surface area (Å²) in [5, 5.41) is 5.14. The summed E-state index contributed by atoms with van der Waals surface area (Å²) in [6.45, 7) is 9.34. The minimum Gasteiger partial charge on any atom is -0.741 e. The minimum absolute atomic E-state index is 0.991. The van der Waals surface area contributed by atoms with E-state index in [-0.39, 0.29) is 0 Å². The maximum Gasteiger partial charge on any atom is 0.485 e. The molecule has 6 nitrogen and oxygen atoms in total. The van der Waals surface area contributed by atoms with E-state index in [0.717, 1.165) is 23.1 Å². The summed E-state index contributed by atoms with van der Waals surface area (Å²) in [6.07, 6.45) is 0.991. The van der Waals surface area contributed by atoms with Crippen molar-refractivity contribution in [2.45, 2.75) is 38.2 Å². The monoisotopic (exact) mass is 547 g/mol. The van der Waals surface area contributed by atoms with Crippen LogP contribution in [0.25, 0.3) is 28.2 Å². The number of aromatic nitrogens is 3. The zero-order chi connectivity index (χ0) is 27.4. The molecule has 37 heavy (non-hydrogen) atoms. The molecule has 196 valence electrons. The Morgan fingerprint density at radius 2 is 1.32 bits per heavy atom. The van der Waals surface area contributed by atoms with E-state index in [1.807, 2.05) is 0 Å². The van der Waals surface area contributed by atoms with Crippen LogP contribution in [0.1, 0.15) is 5.56 Å². The average Bonchev–Trinajstić information content (AvgIpc) is 3.17. The van der Waals surface area contributed by atoms with Crippen LogP contribution in [0.5, 0.6) is 0 Å². The molecule has 4 rings (SSSR count).